The maximum Gasteiger partial charge on any atom is 0.137 e. The van der Waals surface area contributed by atoms with Crippen molar-refractivity contribution in [3.63, 3.8) is 0 Å². The SMILES string of the molecule is CNc1nc(C(C)C)nc(N(CCO)CCO)c1C. The standard InChI is InChI=1S/C13H24N4O2/c1-9(2)11-15-12(14-4)10(3)13(16-11)17(5-7-18)6-8-19/h9,18-19H,5-8H2,1-4H3,(H,14,15,16). The summed E-state index contributed by atoms with van der Waals surface area (Å²) in [5, 5.41) is 21.3. The molecule has 0 fully saturated rings. The molecule has 0 bridgehead atoms. The molecule has 0 radical (unpaired) electrons. The van der Waals surface area contributed by atoms with Crippen LogP contribution in [0.1, 0.15) is 31.2 Å². The number of aliphatic hydroxyl groups is 2. The van der Waals surface area contributed by atoms with E-state index in [9.17, 15) is 0 Å². The van der Waals surface area contributed by atoms with Crippen molar-refractivity contribution in [3.05, 3.63) is 11.4 Å². The third-order valence-corrected chi connectivity index (χ3v) is 2.93. The number of aromatic nitrogens is 2. The van der Waals surface area contributed by atoms with Crippen molar-refractivity contribution in [2.45, 2.75) is 26.7 Å². The third-order valence-electron chi connectivity index (χ3n) is 2.93. The van der Waals surface area contributed by atoms with Gasteiger partial charge in [0.05, 0.1) is 13.2 Å². The lowest BCUT2D eigenvalue weighted by atomic mass is 10.2. The molecule has 6 heteroatoms. The van der Waals surface area contributed by atoms with E-state index in [0.717, 1.165) is 23.0 Å². The van der Waals surface area contributed by atoms with Crippen LogP contribution in [0.5, 0.6) is 0 Å². The summed E-state index contributed by atoms with van der Waals surface area (Å²) in [5.74, 6) is 2.53. The number of hydrogen-bond acceptors (Lipinski definition) is 6. The van der Waals surface area contributed by atoms with Crippen molar-refractivity contribution in [1.29, 1.82) is 0 Å². The van der Waals surface area contributed by atoms with E-state index in [2.05, 4.69) is 15.3 Å². The average Bonchev–Trinajstić information content (AvgIpc) is 2.38. The molecule has 0 saturated carbocycles. The van der Waals surface area contributed by atoms with Gasteiger partial charge >= 0.3 is 0 Å². The maximum absolute atomic E-state index is 9.14. The quantitative estimate of drug-likeness (QED) is 0.677. The largest absolute Gasteiger partial charge is 0.395 e. The van der Waals surface area contributed by atoms with Crippen molar-refractivity contribution >= 4 is 11.6 Å². The summed E-state index contributed by atoms with van der Waals surface area (Å²) in [4.78, 5) is 10.9. The van der Waals surface area contributed by atoms with Crippen LogP contribution < -0.4 is 10.2 Å². The first-order valence-electron chi connectivity index (χ1n) is 6.58. The first-order chi connectivity index (χ1) is 9.04. The molecule has 19 heavy (non-hydrogen) atoms. The zero-order chi connectivity index (χ0) is 14.4. The molecule has 0 unspecified atom stereocenters. The summed E-state index contributed by atoms with van der Waals surface area (Å²) in [6, 6.07) is 0. The highest BCUT2D eigenvalue weighted by atomic mass is 16.3. The number of aliphatic hydroxyl groups excluding tert-OH is 2. The topological polar surface area (TPSA) is 81.5 Å². The van der Waals surface area contributed by atoms with Crippen LogP contribution in [0.3, 0.4) is 0 Å². The molecule has 1 aromatic rings. The molecule has 1 heterocycles. The molecule has 0 aliphatic carbocycles. The Hall–Kier alpha value is -1.40. The summed E-state index contributed by atoms with van der Waals surface area (Å²) >= 11 is 0. The fraction of sp³-hybridized carbons (Fsp3) is 0.692. The molecular formula is C13H24N4O2. The van der Waals surface area contributed by atoms with E-state index in [-0.39, 0.29) is 19.1 Å². The molecule has 108 valence electrons. The zero-order valence-corrected chi connectivity index (χ0v) is 12.1. The Morgan fingerprint density at radius 3 is 2.16 bits per heavy atom. The van der Waals surface area contributed by atoms with Crippen LogP contribution >= 0.6 is 0 Å². The maximum atomic E-state index is 9.14. The highest BCUT2D eigenvalue weighted by Crippen LogP contribution is 2.25. The number of anilines is 2. The Morgan fingerprint density at radius 1 is 1.16 bits per heavy atom. The van der Waals surface area contributed by atoms with E-state index < -0.39 is 0 Å². The van der Waals surface area contributed by atoms with Crippen LogP contribution in [0, 0.1) is 6.92 Å². The average molecular weight is 268 g/mol. The van der Waals surface area contributed by atoms with E-state index >= 15 is 0 Å². The summed E-state index contributed by atoms with van der Waals surface area (Å²) in [5.41, 5.74) is 0.925. The lowest BCUT2D eigenvalue weighted by molar-refractivity contribution is 0.280. The molecule has 0 aliphatic heterocycles. The predicted molar refractivity (Wildman–Crippen MR) is 76.8 cm³/mol. The van der Waals surface area contributed by atoms with Gasteiger partial charge in [0.25, 0.3) is 0 Å². The highest BCUT2D eigenvalue weighted by Gasteiger charge is 2.17. The molecule has 0 saturated heterocycles. The van der Waals surface area contributed by atoms with Gasteiger partial charge in [-0.05, 0) is 6.92 Å². The van der Waals surface area contributed by atoms with E-state index in [4.69, 9.17) is 10.2 Å². The van der Waals surface area contributed by atoms with Gasteiger partial charge in [0.15, 0.2) is 0 Å². The second-order valence-corrected chi connectivity index (χ2v) is 4.72. The molecule has 0 amide bonds. The lowest BCUT2D eigenvalue weighted by Crippen LogP contribution is -2.31. The van der Waals surface area contributed by atoms with Crippen LogP contribution in [0.25, 0.3) is 0 Å². The molecular weight excluding hydrogens is 244 g/mol. The van der Waals surface area contributed by atoms with Crippen molar-refractivity contribution in [2.24, 2.45) is 0 Å². The Labute approximate surface area is 114 Å². The molecule has 0 aromatic carbocycles. The molecule has 3 N–H and O–H groups in total. The van der Waals surface area contributed by atoms with Gasteiger partial charge in [-0.1, -0.05) is 13.8 Å². The number of hydrogen-bond donors (Lipinski definition) is 3. The van der Waals surface area contributed by atoms with Crippen molar-refractivity contribution in [2.75, 3.05) is 43.6 Å². The smallest absolute Gasteiger partial charge is 0.137 e. The van der Waals surface area contributed by atoms with E-state index in [0.29, 0.717) is 13.1 Å². The second kappa shape index (κ2) is 7.25. The number of rotatable bonds is 7. The minimum absolute atomic E-state index is 0.0232. The molecule has 6 nitrogen and oxygen atoms in total. The summed E-state index contributed by atoms with van der Waals surface area (Å²) in [6.07, 6.45) is 0. The Balaban J connectivity index is 3.25. The van der Waals surface area contributed by atoms with Crippen LogP contribution in [-0.2, 0) is 0 Å². The first-order valence-corrected chi connectivity index (χ1v) is 6.58. The van der Waals surface area contributed by atoms with E-state index in [1.54, 1.807) is 0 Å². The predicted octanol–water partition coefficient (Wildman–Crippen LogP) is 0.741. The van der Waals surface area contributed by atoms with Gasteiger partial charge in [-0.15, -0.1) is 0 Å². The summed E-state index contributed by atoms with van der Waals surface area (Å²) in [7, 11) is 1.83. The highest BCUT2D eigenvalue weighted by molar-refractivity contribution is 5.58. The van der Waals surface area contributed by atoms with Gasteiger partial charge in [-0.3, -0.25) is 0 Å². The second-order valence-electron chi connectivity index (χ2n) is 4.72. The third kappa shape index (κ3) is 3.78. The fourth-order valence-corrected chi connectivity index (χ4v) is 1.90. The normalized spacial score (nSPS) is 10.9. The Kier molecular flexibility index (Phi) is 5.98. The van der Waals surface area contributed by atoms with Gasteiger partial charge in [-0.25, -0.2) is 9.97 Å². The van der Waals surface area contributed by atoms with Crippen LogP contribution in [0.4, 0.5) is 11.6 Å². The minimum atomic E-state index is 0.0232. The van der Waals surface area contributed by atoms with Crippen LogP contribution in [0.2, 0.25) is 0 Å². The number of nitrogens with one attached hydrogen (secondary N) is 1. The fourth-order valence-electron chi connectivity index (χ4n) is 1.90. The summed E-state index contributed by atoms with van der Waals surface area (Å²) in [6.45, 7) is 6.95. The molecule has 0 spiro atoms. The van der Waals surface area contributed by atoms with Gasteiger partial charge in [0.1, 0.15) is 17.5 Å². The zero-order valence-electron chi connectivity index (χ0n) is 12.1. The van der Waals surface area contributed by atoms with Gasteiger partial charge in [0.2, 0.25) is 0 Å². The van der Waals surface area contributed by atoms with Crippen LogP contribution in [0.15, 0.2) is 0 Å². The molecule has 1 aromatic heterocycles. The van der Waals surface area contributed by atoms with Gasteiger partial charge in [-0.2, -0.15) is 0 Å². The Bertz CT molecular complexity index is 404. The first kappa shape index (κ1) is 15.7. The monoisotopic (exact) mass is 268 g/mol. The van der Waals surface area contributed by atoms with Crippen molar-refractivity contribution in [1.82, 2.24) is 9.97 Å². The van der Waals surface area contributed by atoms with E-state index in [1.165, 1.54) is 0 Å². The Morgan fingerprint density at radius 2 is 1.74 bits per heavy atom. The van der Waals surface area contributed by atoms with Crippen molar-refractivity contribution in [3.8, 4) is 0 Å². The van der Waals surface area contributed by atoms with Gasteiger partial charge < -0.3 is 20.4 Å². The van der Waals surface area contributed by atoms with Crippen LogP contribution in [-0.4, -0.2) is 53.5 Å². The lowest BCUT2D eigenvalue weighted by Gasteiger charge is -2.25. The minimum Gasteiger partial charge on any atom is -0.395 e. The molecule has 0 atom stereocenters. The van der Waals surface area contributed by atoms with E-state index in [1.807, 2.05) is 32.7 Å². The molecule has 0 aliphatic rings. The summed E-state index contributed by atoms with van der Waals surface area (Å²) < 4.78 is 0. The molecule has 1 rings (SSSR count). The van der Waals surface area contributed by atoms with Gasteiger partial charge in [0, 0.05) is 31.6 Å². The van der Waals surface area contributed by atoms with Crippen molar-refractivity contribution < 1.29 is 10.2 Å². The number of nitrogens with zero attached hydrogens (tertiary/aromatic N) is 3.